The number of amidine groups is 1. The summed E-state index contributed by atoms with van der Waals surface area (Å²) in [5.74, 6) is 0.120. The number of benzene rings is 1. The van der Waals surface area contributed by atoms with Crippen molar-refractivity contribution in [1.29, 1.82) is 0 Å². The lowest BCUT2D eigenvalue weighted by molar-refractivity contribution is 0.0666. The number of likely N-dealkylation sites (tertiary alicyclic amines) is 1. The Labute approximate surface area is 131 Å². The van der Waals surface area contributed by atoms with Crippen molar-refractivity contribution in [3.8, 4) is 5.75 Å². The van der Waals surface area contributed by atoms with Crippen LogP contribution in [-0.4, -0.2) is 40.0 Å². The van der Waals surface area contributed by atoms with Crippen molar-refractivity contribution >= 4 is 27.7 Å². The van der Waals surface area contributed by atoms with E-state index in [2.05, 4.69) is 21.1 Å². The Morgan fingerprint density at radius 2 is 2.05 bits per heavy atom. The Bertz CT molecular complexity index is 581. The van der Waals surface area contributed by atoms with Gasteiger partial charge in [0.15, 0.2) is 0 Å². The largest absolute Gasteiger partial charge is 0.507 e. The quantitative estimate of drug-likeness (QED) is 0.327. The monoisotopic (exact) mass is 355 g/mol. The minimum Gasteiger partial charge on any atom is -0.507 e. The number of nitrogens with zero attached hydrogens (tertiary/aromatic N) is 2. The zero-order chi connectivity index (χ0) is 15.6. The van der Waals surface area contributed by atoms with Gasteiger partial charge < -0.3 is 20.9 Å². The van der Waals surface area contributed by atoms with Gasteiger partial charge in [0.1, 0.15) is 11.6 Å². The molecule has 0 saturated carbocycles. The first-order chi connectivity index (χ1) is 9.87. The Morgan fingerprint density at radius 1 is 1.43 bits per heavy atom. The third-order valence-corrected chi connectivity index (χ3v) is 4.74. The second-order valence-electron chi connectivity index (χ2n) is 5.50. The van der Waals surface area contributed by atoms with E-state index in [-0.39, 0.29) is 22.9 Å². The van der Waals surface area contributed by atoms with Gasteiger partial charge in [-0.05, 0) is 47.0 Å². The number of phenolic OH excluding ortho intramolecular Hbond substituents is 1. The van der Waals surface area contributed by atoms with Gasteiger partial charge >= 0.3 is 0 Å². The highest BCUT2D eigenvalue weighted by molar-refractivity contribution is 9.10. The molecule has 0 spiro atoms. The molecule has 0 bridgehead atoms. The molecule has 2 rings (SSSR count). The maximum atomic E-state index is 12.4. The SMILES string of the molecule is CC1(/C(N)=N/O)CCN(C(=O)c2ccc(Br)c(O)c2)CC1. The summed E-state index contributed by atoms with van der Waals surface area (Å²) in [5.41, 5.74) is 5.78. The van der Waals surface area contributed by atoms with Gasteiger partial charge in [0.25, 0.3) is 5.91 Å². The summed E-state index contributed by atoms with van der Waals surface area (Å²) in [4.78, 5) is 14.1. The second kappa shape index (κ2) is 5.93. The van der Waals surface area contributed by atoms with Gasteiger partial charge in [0.05, 0.1) is 4.47 Å². The molecule has 4 N–H and O–H groups in total. The molecule has 1 aliphatic heterocycles. The van der Waals surface area contributed by atoms with Gasteiger partial charge in [-0.25, -0.2) is 0 Å². The number of carbonyl (C=O) groups excluding carboxylic acids is 1. The third-order valence-electron chi connectivity index (χ3n) is 4.07. The number of carbonyl (C=O) groups is 1. The summed E-state index contributed by atoms with van der Waals surface area (Å²) in [7, 11) is 0. The van der Waals surface area contributed by atoms with Gasteiger partial charge in [-0.3, -0.25) is 4.79 Å². The van der Waals surface area contributed by atoms with E-state index < -0.39 is 0 Å². The fourth-order valence-electron chi connectivity index (χ4n) is 2.41. The number of oxime groups is 1. The Morgan fingerprint density at radius 3 is 2.57 bits per heavy atom. The molecule has 1 amide bonds. The predicted octanol–water partition coefficient (Wildman–Crippen LogP) is 2.14. The molecule has 7 heteroatoms. The fraction of sp³-hybridized carbons (Fsp3) is 0.429. The van der Waals surface area contributed by atoms with Crippen LogP contribution in [0.25, 0.3) is 0 Å². The number of nitrogens with two attached hydrogens (primary N) is 1. The Hall–Kier alpha value is -1.76. The van der Waals surface area contributed by atoms with E-state index in [0.29, 0.717) is 36.0 Å². The van der Waals surface area contributed by atoms with E-state index in [1.165, 1.54) is 6.07 Å². The lowest BCUT2D eigenvalue weighted by Gasteiger charge is -2.38. The van der Waals surface area contributed by atoms with Crippen molar-refractivity contribution in [2.75, 3.05) is 13.1 Å². The summed E-state index contributed by atoms with van der Waals surface area (Å²) >= 11 is 3.19. The zero-order valence-corrected chi connectivity index (χ0v) is 13.3. The lowest BCUT2D eigenvalue weighted by Crippen LogP contribution is -2.47. The zero-order valence-electron chi connectivity index (χ0n) is 11.7. The number of hydrogen-bond acceptors (Lipinski definition) is 4. The maximum absolute atomic E-state index is 12.4. The first-order valence-electron chi connectivity index (χ1n) is 6.63. The van der Waals surface area contributed by atoms with E-state index in [4.69, 9.17) is 10.9 Å². The van der Waals surface area contributed by atoms with Crippen LogP contribution in [0.4, 0.5) is 0 Å². The molecule has 1 aromatic rings. The Kier molecular flexibility index (Phi) is 4.41. The standard InChI is InChI=1S/C14H18BrN3O3/c1-14(13(16)17-21)4-6-18(7-5-14)12(20)9-2-3-10(15)11(19)8-9/h2-3,8,19,21H,4-7H2,1H3,(H2,16,17). The van der Waals surface area contributed by atoms with Gasteiger partial charge in [0, 0.05) is 24.1 Å². The minimum atomic E-state index is -0.382. The van der Waals surface area contributed by atoms with Gasteiger partial charge in [-0.15, -0.1) is 0 Å². The first-order valence-corrected chi connectivity index (χ1v) is 7.42. The van der Waals surface area contributed by atoms with E-state index in [1.807, 2.05) is 6.92 Å². The van der Waals surface area contributed by atoms with Crippen molar-refractivity contribution in [2.45, 2.75) is 19.8 Å². The molecule has 1 saturated heterocycles. The molecule has 1 aliphatic rings. The number of rotatable bonds is 2. The number of hydrogen-bond donors (Lipinski definition) is 3. The summed E-state index contributed by atoms with van der Waals surface area (Å²) in [6.45, 7) is 2.99. The highest BCUT2D eigenvalue weighted by Crippen LogP contribution is 2.32. The maximum Gasteiger partial charge on any atom is 0.253 e. The molecular weight excluding hydrogens is 338 g/mol. The van der Waals surface area contributed by atoms with Gasteiger partial charge in [-0.2, -0.15) is 0 Å². The van der Waals surface area contributed by atoms with Crippen LogP contribution in [0.1, 0.15) is 30.1 Å². The van der Waals surface area contributed by atoms with Crippen LogP contribution >= 0.6 is 15.9 Å². The van der Waals surface area contributed by atoms with Crippen LogP contribution in [0.3, 0.4) is 0 Å². The molecule has 0 aliphatic carbocycles. The molecule has 6 nitrogen and oxygen atoms in total. The van der Waals surface area contributed by atoms with Crippen LogP contribution in [0, 0.1) is 5.41 Å². The number of phenols is 1. The molecule has 114 valence electrons. The fourth-order valence-corrected chi connectivity index (χ4v) is 2.66. The minimum absolute atomic E-state index is 0.0411. The summed E-state index contributed by atoms with van der Waals surface area (Å²) < 4.78 is 0.553. The van der Waals surface area contributed by atoms with Crippen LogP contribution in [0.5, 0.6) is 5.75 Å². The van der Waals surface area contributed by atoms with Gasteiger partial charge in [-0.1, -0.05) is 12.1 Å². The first kappa shape index (κ1) is 15.6. The smallest absolute Gasteiger partial charge is 0.253 e. The van der Waals surface area contributed by atoms with E-state index in [9.17, 15) is 9.90 Å². The molecule has 0 radical (unpaired) electrons. The normalized spacial score (nSPS) is 18.6. The van der Waals surface area contributed by atoms with Gasteiger partial charge in [0.2, 0.25) is 0 Å². The van der Waals surface area contributed by atoms with E-state index in [1.54, 1.807) is 17.0 Å². The van der Waals surface area contributed by atoms with Crippen molar-refractivity contribution in [1.82, 2.24) is 4.90 Å². The molecular formula is C14H18BrN3O3. The van der Waals surface area contributed by atoms with Crippen LogP contribution in [-0.2, 0) is 0 Å². The molecule has 21 heavy (non-hydrogen) atoms. The van der Waals surface area contributed by atoms with Crippen LogP contribution < -0.4 is 5.73 Å². The number of halogens is 1. The van der Waals surface area contributed by atoms with Crippen molar-refractivity contribution in [3.63, 3.8) is 0 Å². The average Bonchev–Trinajstić information content (AvgIpc) is 2.49. The summed E-state index contributed by atoms with van der Waals surface area (Å²) in [6, 6.07) is 4.76. The average molecular weight is 356 g/mol. The highest BCUT2D eigenvalue weighted by Gasteiger charge is 2.35. The van der Waals surface area contributed by atoms with E-state index in [0.717, 1.165) is 0 Å². The molecule has 1 heterocycles. The molecule has 1 fully saturated rings. The predicted molar refractivity (Wildman–Crippen MR) is 82.5 cm³/mol. The van der Waals surface area contributed by atoms with Crippen LogP contribution in [0.15, 0.2) is 27.8 Å². The van der Waals surface area contributed by atoms with Crippen molar-refractivity contribution in [3.05, 3.63) is 28.2 Å². The summed E-state index contributed by atoms with van der Waals surface area (Å²) in [5, 5.41) is 21.6. The van der Waals surface area contributed by atoms with E-state index >= 15 is 0 Å². The molecule has 0 aromatic heterocycles. The third kappa shape index (κ3) is 3.12. The highest BCUT2D eigenvalue weighted by atomic mass is 79.9. The molecule has 1 aromatic carbocycles. The topological polar surface area (TPSA) is 99.2 Å². The number of aromatic hydroxyl groups is 1. The van der Waals surface area contributed by atoms with Crippen LogP contribution in [0.2, 0.25) is 0 Å². The molecule has 0 unspecified atom stereocenters. The van der Waals surface area contributed by atoms with Crippen molar-refractivity contribution < 1.29 is 15.1 Å². The lowest BCUT2D eigenvalue weighted by atomic mass is 9.79. The second-order valence-corrected chi connectivity index (χ2v) is 6.36. The number of amides is 1. The summed E-state index contributed by atoms with van der Waals surface area (Å²) in [6.07, 6.45) is 1.27. The Balaban J connectivity index is 2.08. The number of piperidine rings is 1. The van der Waals surface area contributed by atoms with Crippen molar-refractivity contribution in [2.24, 2.45) is 16.3 Å². The molecule has 0 atom stereocenters.